The Kier molecular flexibility index (Phi) is 4.07. The van der Waals surface area contributed by atoms with Gasteiger partial charge in [0.2, 0.25) is 0 Å². The van der Waals surface area contributed by atoms with Crippen LogP contribution in [0.2, 0.25) is 0 Å². The van der Waals surface area contributed by atoms with E-state index in [0.29, 0.717) is 18.7 Å². The molecule has 0 radical (unpaired) electrons. The van der Waals surface area contributed by atoms with Crippen LogP contribution in [-0.4, -0.2) is 49.7 Å². The van der Waals surface area contributed by atoms with E-state index in [1.54, 1.807) is 0 Å². The van der Waals surface area contributed by atoms with Gasteiger partial charge in [0.25, 0.3) is 0 Å². The minimum Gasteiger partial charge on any atom is -0.299 e. The van der Waals surface area contributed by atoms with Gasteiger partial charge in [-0.1, -0.05) is 13.8 Å². The highest BCUT2D eigenvalue weighted by Gasteiger charge is 2.37. The first-order chi connectivity index (χ1) is 8.69. The third kappa shape index (κ3) is 3.78. The molecule has 0 aromatic heterocycles. The maximum atomic E-state index is 12.0. The van der Waals surface area contributed by atoms with E-state index in [1.165, 1.54) is 0 Å². The smallest absolute Gasteiger partial charge is 0.153 e. The van der Waals surface area contributed by atoms with Gasteiger partial charge < -0.3 is 0 Å². The molecule has 19 heavy (non-hydrogen) atoms. The Bertz CT molecular complexity index is 455. The summed E-state index contributed by atoms with van der Waals surface area (Å²) in [5.74, 6) is 0.922. The third-order valence-electron chi connectivity index (χ3n) is 4.57. The van der Waals surface area contributed by atoms with Crippen molar-refractivity contribution in [2.75, 3.05) is 24.6 Å². The van der Waals surface area contributed by atoms with Gasteiger partial charge in [-0.05, 0) is 25.2 Å². The van der Waals surface area contributed by atoms with Crippen LogP contribution in [0.15, 0.2) is 0 Å². The van der Waals surface area contributed by atoms with Crippen LogP contribution >= 0.6 is 0 Å². The maximum Gasteiger partial charge on any atom is 0.153 e. The molecule has 1 saturated heterocycles. The predicted octanol–water partition coefficient (Wildman–Crippen LogP) is 1.50. The molecule has 2 aliphatic rings. The van der Waals surface area contributed by atoms with Crippen molar-refractivity contribution in [1.82, 2.24) is 4.90 Å². The molecule has 4 nitrogen and oxygen atoms in total. The van der Waals surface area contributed by atoms with Crippen LogP contribution in [0, 0.1) is 11.3 Å². The monoisotopic (exact) mass is 287 g/mol. The van der Waals surface area contributed by atoms with Crippen molar-refractivity contribution < 1.29 is 13.2 Å². The number of rotatable bonds is 2. The van der Waals surface area contributed by atoms with Crippen molar-refractivity contribution in [2.24, 2.45) is 11.3 Å². The van der Waals surface area contributed by atoms with Gasteiger partial charge in [-0.15, -0.1) is 0 Å². The summed E-state index contributed by atoms with van der Waals surface area (Å²) in [6.07, 6.45) is 2.59. The minimum atomic E-state index is -2.87. The number of hydrogen-bond donors (Lipinski definition) is 0. The lowest BCUT2D eigenvalue weighted by atomic mass is 9.71. The molecular weight excluding hydrogens is 262 g/mol. The highest BCUT2D eigenvalue weighted by Crippen LogP contribution is 2.37. The Morgan fingerprint density at radius 2 is 2.05 bits per heavy atom. The summed E-state index contributed by atoms with van der Waals surface area (Å²) in [6.45, 7) is 7.70. The first-order valence-electron chi connectivity index (χ1n) is 7.16. The molecular formula is C14H25NO3S. The average Bonchev–Trinajstić information content (AvgIpc) is 2.26. The quantitative estimate of drug-likeness (QED) is 0.772. The number of Topliss-reactive ketones (excluding diaryl/α,β-unsaturated/α-hetero) is 1. The molecule has 1 saturated carbocycles. The Balaban J connectivity index is 1.99. The fraction of sp³-hybridized carbons (Fsp3) is 0.929. The standard InChI is InChI=1S/C14H25NO3S/c1-11-10-19(17,18)7-6-15(11)9-12-8-14(2,3)5-4-13(12)16/h11-12H,4-10H2,1-3H3. The van der Waals surface area contributed by atoms with Crippen LogP contribution in [0.1, 0.15) is 40.0 Å². The van der Waals surface area contributed by atoms with Crippen molar-refractivity contribution in [3.05, 3.63) is 0 Å². The molecule has 1 aliphatic heterocycles. The first kappa shape index (κ1) is 15.0. The van der Waals surface area contributed by atoms with Gasteiger partial charge in [-0.25, -0.2) is 8.42 Å². The summed E-state index contributed by atoms with van der Waals surface area (Å²) in [5, 5.41) is 0. The molecule has 2 rings (SSSR count). The Labute approximate surface area is 116 Å². The zero-order valence-corrected chi connectivity index (χ0v) is 13.0. The van der Waals surface area contributed by atoms with Crippen molar-refractivity contribution in [3.63, 3.8) is 0 Å². The molecule has 5 heteroatoms. The second-order valence-corrected chi connectivity index (χ2v) is 9.22. The second-order valence-electron chi connectivity index (χ2n) is 6.99. The summed E-state index contributed by atoms with van der Waals surface area (Å²) in [4.78, 5) is 14.2. The van der Waals surface area contributed by atoms with E-state index >= 15 is 0 Å². The van der Waals surface area contributed by atoms with Crippen LogP contribution in [0.3, 0.4) is 0 Å². The van der Waals surface area contributed by atoms with E-state index in [-0.39, 0.29) is 28.9 Å². The first-order valence-corrected chi connectivity index (χ1v) is 8.98. The molecule has 0 bridgehead atoms. The summed E-state index contributed by atoms with van der Waals surface area (Å²) >= 11 is 0. The third-order valence-corrected chi connectivity index (χ3v) is 6.36. The number of nitrogens with zero attached hydrogens (tertiary/aromatic N) is 1. The summed E-state index contributed by atoms with van der Waals surface area (Å²) in [5.41, 5.74) is 0.240. The Morgan fingerprint density at radius 1 is 1.37 bits per heavy atom. The van der Waals surface area contributed by atoms with Crippen LogP contribution in [0.4, 0.5) is 0 Å². The van der Waals surface area contributed by atoms with Gasteiger partial charge >= 0.3 is 0 Å². The van der Waals surface area contributed by atoms with Gasteiger partial charge in [0.15, 0.2) is 9.84 Å². The van der Waals surface area contributed by atoms with E-state index in [0.717, 1.165) is 19.4 Å². The number of carbonyl (C=O) groups excluding carboxylic acids is 1. The molecule has 1 heterocycles. The number of carbonyl (C=O) groups is 1. The van der Waals surface area contributed by atoms with E-state index in [2.05, 4.69) is 18.7 Å². The lowest BCUT2D eigenvalue weighted by molar-refractivity contribution is -0.127. The molecule has 1 aliphatic carbocycles. The number of hydrogen-bond acceptors (Lipinski definition) is 4. The molecule has 2 unspecified atom stereocenters. The highest BCUT2D eigenvalue weighted by molar-refractivity contribution is 7.91. The van der Waals surface area contributed by atoms with Gasteiger partial charge in [0.05, 0.1) is 11.5 Å². The molecule has 0 amide bonds. The lowest BCUT2D eigenvalue weighted by Gasteiger charge is -2.40. The van der Waals surface area contributed by atoms with Gasteiger partial charge in [0, 0.05) is 31.5 Å². The molecule has 2 atom stereocenters. The molecule has 0 aromatic rings. The van der Waals surface area contributed by atoms with Gasteiger partial charge in [-0.2, -0.15) is 0 Å². The SMILES string of the molecule is CC1CS(=O)(=O)CCN1CC1CC(C)(C)CCC1=O. The molecule has 0 aromatic carbocycles. The minimum absolute atomic E-state index is 0.0385. The zero-order chi connectivity index (χ0) is 14.3. The van der Waals surface area contributed by atoms with E-state index in [9.17, 15) is 13.2 Å². The Morgan fingerprint density at radius 3 is 2.68 bits per heavy atom. The largest absolute Gasteiger partial charge is 0.299 e. The zero-order valence-electron chi connectivity index (χ0n) is 12.2. The molecule has 110 valence electrons. The maximum absolute atomic E-state index is 12.0. The van der Waals surface area contributed by atoms with Crippen molar-refractivity contribution in [1.29, 1.82) is 0 Å². The van der Waals surface area contributed by atoms with Crippen LogP contribution in [0.5, 0.6) is 0 Å². The summed E-state index contributed by atoms with van der Waals surface area (Å²) in [7, 11) is -2.87. The molecule has 0 N–H and O–H groups in total. The fourth-order valence-electron chi connectivity index (χ4n) is 3.30. The highest BCUT2D eigenvalue weighted by atomic mass is 32.2. The van der Waals surface area contributed by atoms with Gasteiger partial charge in [0.1, 0.15) is 5.78 Å². The predicted molar refractivity (Wildman–Crippen MR) is 75.8 cm³/mol. The van der Waals surface area contributed by atoms with Crippen molar-refractivity contribution in [2.45, 2.75) is 46.1 Å². The normalized spacial score (nSPS) is 35.2. The summed E-state index contributed by atoms with van der Waals surface area (Å²) < 4.78 is 23.1. The molecule has 0 spiro atoms. The van der Waals surface area contributed by atoms with Crippen LogP contribution < -0.4 is 0 Å². The number of ketones is 1. The van der Waals surface area contributed by atoms with Crippen LogP contribution in [0.25, 0.3) is 0 Å². The number of sulfone groups is 1. The second kappa shape index (κ2) is 5.17. The lowest BCUT2D eigenvalue weighted by Crippen LogP contribution is -2.50. The van der Waals surface area contributed by atoms with E-state index in [4.69, 9.17) is 0 Å². The topological polar surface area (TPSA) is 54.5 Å². The van der Waals surface area contributed by atoms with Crippen LogP contribution in [-0.2, 0) is 14.6 Å². The Hall–Kier alpha value is -0.420. The van der Waals surface area contributed by atoms with E-state index in [1.807, 2.05) is 6.92 Å². The van der Waals surface area contributed by atoms with Crippen molar-refractivity contribution in [3.8, 4) is 0 Å². The summed E-state index contributed by atoms with van der Waals surface area (Å²) in [6, 6.07) is 0.0385. The fourth-order valence-corrected chi connectivity index (χ4v) is 4.93. The van der Waals surface area contributed by atoms with Gasteiger partial charge in [-0.3, -0.25) is 9.69 Å². The van der Waals surface area contributed by atoms with E-state index < -0.39 is 9.84 Å². The average molecular weight is 287 g/mol. The molecule has 2 fully saturated rings. The van der Waals surface area contributed by atoms with Crippen molar-refractivity contribution >= 4 is 15.6 Å².